The Hall–Kier alpha value is -0.573. The Bertz CT molecular complexity index is 261. The van der Waals surface area contributed by atoms with Crippen LogP contribution in [-0.4, -0.2) is 14.8 Å². The van der Waals surface area contributed by atoms with Gasteiger partial charge in [0, 0.05) is 0 Å². The van der Waals surface area contributed by atoms with E-state index in [9.17, 15) is 0 Å². The van der Waals surface area contributed by atoms with Gasteiger partial charge in [-0.15, -0.1) is 11.1 Å². The van der Waals surface area contributed by atoms with Crippen molar-refractivity contribution in [2.24, 2.45) is 0 Å². The summed E-state index contributed by atoms with van der Waals surface area (Å²) in [5.41, 5.74) is 3.29. The van der Waals surface area contributed by atoms with E-state index in [1.807, 2.05) is 18.2 Å². The molecule has 1 unspecified atom stereocenters. The van der Waals surface area contributed by atoms with Gasteiger partial charge in [-0.1, -0.05) is 49.0 Å². The standard InChI is InChI=1S/C10H14ClNSi/c1-2-12-13(11)9-8-10-6-4-3-5-7-10/h3-9,12-13H,2H2,1H3. The number of nitrogens with one attached hydrogen (secondary N) is 1. The Kier molecular flexibility index (Phi) is 4.82. The molecule has 0 aliphatic carbocycles. The topological polar surface area (TPSA) is 12.0 Å². The van der Waals surface area contributed by atoms with Gasteiger partial charge < -0.3 is 4.98 Å². The van der Waals surface area contributed by atoms with Crippen molar-refractivity contribution in [2.45, 2.75) is 6.92 Å². The number of hydrogen-bond donors (Lipinski definition) is 1. The van der Waals surface area contributed by atoms with Gasteiger partial charge in [0.05, 0.1) is 0 Å². The predicted octanol–water partition coefficient (Wildman–Crippen LogP) is 2.31. The van der Waals surface area contributed by atoms with Crippen LogP contribution < -0.4 is 4.98 Å². The zero-order valence-corrected chi connectivity index (χ0v) is 9.61. The second-order valence-electron chi connectivity index (χ2n) is 2.73. The second kappa shape index (κ2) is 5.97. The molecule has 0 radical (unpaired) electrons. The summed E-state index contributed by atoms with van der Waals surface area (Å²) in [5.74, 6) is 0. The van der Waals surface area contributed by atoms with E-state index in [-0.39, 0.29) is 0 Å². The maximum atomic E-state index is 6.07. The van der Waals surface area contributed by atoms with Gasteiger partial charge in [-0.25, -0.2) is 0 Å². The third kappa shape index (κ3) is 4.27. The van der Waals surface area contributed by atoms with Crippen LogP contribution in [0, 0.1) is 0 Å². The monoisotopic (exact) mass is 211 g/mol. The van der Waals surface area contributed by atoms with Crippen LogP contribution in [0.4, 0.5) is 0 Å². The number of benzene rings is 1. The molecular weight excluding hydrogens is 198 g/mol. The molecule has 0 aromatic heterocycles. The van der Waals surface area contributed by atoms with Gasteiger partial charge >= 0.3 is 0 Å². The van der Waals surface area contributed by atoms with E-state index < -0.39 is 8.27 Å². The molecule has 1 N–H and O–H groups in total. The average Bonchev–Trinajstić information content (AvgIpc) is 2.17. The Balaban J connectivity index is 2.49. The molecule has 1 nitrogen and oxygen atoms in total. The minimum Gasteiger partial charge on any atom is -0.325 e. The number of hydrogen-bond acceptors (Lipinski definition) is 1. The van der Waals surface area contributed by atoms with Crippen LogP contribution in [-0.2, 0) is 0 Å². The SMILES string of the molecule is CCN[SiH](Cl)C=Cc1ccccc1. The molecular formula is C10H14ClNSi. The van der Waals surface area contributed by atoms with E-state index in [2.05, 4.69) is 35.8 Å². The lowest BCUT2D eigenvalue weighted by Crippen LogP contribution is -2.25. The molecule has 13 heavy (non-hydrogen) atoms. The van der Waals surface area contributed by atoms with Crippen molar-refractivity contribution in [1.82, 2.24) is 4.98 Å². The van der Waals surface area contributed by atoms with E-state index in [4.69, 9.17) is 11.1 Å². The van der Waals surface area contributed by atoms with Gasteiger partial charge in [-0.3, -0.25) is 0 Å². The molecule has 0 saturated carbocycles. The predicted molar refractivity (Wildman–Crippen MR) is 62.2 cm³/mol. The Morgan fingerprint density at radius 2 is 2.08 bits per heavy atom. The van der Waals surface area contributed by atoms with E-state index in [1.54, 1.807) is 0 Å². The molecule has 0 spiro atoms. The van der Waals surface area contributed by atoms with Crippen molar-refractivity contribution in [2.75, 3.05) is 6.54 Å². The summed E-state index contributed by atoms with van der Waals surface area (Å²) in [7, 11) is -1.33. The van der Waals surface area contributed by atoms with Gasteiger partial charge in [0.2, 0.25) is 8.27 Å². The molecule has 1 rings (SSSR count). The van der Waals surface area contributed by atoms with Crippen molar-refractivity contribution in [3.63, 3.8) is 0 Å². The van der Waals surface area contributed by atoms with Crippen molar-refractivity contribution in [3.8, 4) is 0 Å². The smallest absolute Gasteiger partial charge is 0.235 e. The first-order chi connectivity index (χ1) is 6.33. The van der Waals surface area contributed by atoms with Crippen molar-refractivity contribution in [3.05, 3.63) is 41.6 Å². The summed E-state index contributed by atoms with van der Waals surface area (Å²) in [5, 5.41) is 0. The van der Waals surface area contributed by atoms with Crippen molar-refractivity contribution in [1.29, 1.82) is 0 Å². The second-order valence-corrected chi connectivity index (χ2v) is 5.74. The summed E-state index contributed by atoms with van der Waals surface area (Å²) in [6.45, 7) is 3.01. The van der Waals surface area contributed by atoms with Crippen molar-refractivity contribution >= 4 is 25.4 Å². The molecule has 1 aromatic carbocycles. The molecule has 0 aliphatic heterocycles. The van der Waals surface area contributed by atoms with E-state index >= 15 is 0 Å². The summed E-state index contributed by atoms with van der Waals surface area (Å²) < 4.78 is 0. The lowest BCUT2D eigenvalue weighted by Gasteiger charge is -2.00. The highest BCUT2D eigenvalue weighted by Gasteiger charge is 1.97. The normalized spacial score (nSPS) is 13.4. The summed E-state index contributed by atoms with van der Waals surface area (Å²) in [4.78, 5) is 3.23. The Morgan fingerprint density at radius 1 is 1.38 bits per heavy atom. The van der Waals surface area contributed by atoms with Crippen LogP contribution in [0.2, 0.25) is 0 Å². The molecule has 0 bridgehead atoms. The molecule has 70 valence electrons. The number of halogens is 1. The summed E-state index contributed by atoms with van der Waals surface area (Å²) >= 11 is 6.07. The highest BCUT2D eigenvalue weighted by atomic mass is 35.6. The van der Waals surface area contributed by atoms with Gasteiger partial charge in [-0.05, 0) is 12.1 Å². The molecule has 1 aromatic rings. The van der Waals surface area contributed by atoms with E-state index in [1.165, 1.54) is 5.56 Å². The lowest BCUT2D eigenvalue weighted by atomic mass is 10.2. The number of rotatable bonds is 4. The third-order valence-electron chi connectivity index (χ3n) is 1.66. The van der Waals surface area contributed by atoms with Crippen LogP contribution >= 0.6 is 11.1 Å². The van der Waals surface area contributed by atoms with Crippen LogP contribution in [0.1, 0.15) is 12.5 Å². The highest BCUT2D eigenvalue weighted by Crippen LogP contribution is 2.01. The van der Waals surface area contributed by atoms with Gasteiger partial charge in [0.15, 0.2) is 0 Å². The zero-order chi connectivity index (χ0) is 9.52. The summed E-state index contributed by atoms with van der Waals surface area (Å²) in [6, 6.07) is 10.2. The van der Waals surface area contributed by atoms with Gasteiger partial charge in [-0.2, -0.15) is 0 Å². The fraction of sp³-hybridized carbons (Fsp3) is 0.200. The first-order valence-electron chi connectivity index (χ1n) is 4.43. The minimum absolute atomic E-state index is 0.944. The molecule has 1 atom stereocenters. The van der Waals surface area contributed by atoms with E-state index in [0.29, 0.717) is 0 Å². The Morgan fingerprint density at radius 3 is 2.69 bits per heavy atom. The van der Waals surface area contributed by atoms with Gasteiger partial charge in [0.25, 0.3) is 0 Å². The van der Waals surface area contributed by atoms with E-state index in [0.717, 1.165) is 6.54 Å². The fourth-order valence-corrected chi connectivity index (χ4v) is 2.62. The molecule has 3 heteroatoms. The summed E-state index contributed by atoms with van der Waals surface area (Å²) in [6.07, 6.45) is 2.08. The first kappa shape index (κ1) is 10.5. The highest BCUT2D eigenvalue weighted by molar-refractivity contribution is 7.08. The Labute approximate surface area is 85.8 Å². The van der Waals surface area contributed by atoms with Crippen LogP contribution in [0.15, 0.2) is 36.0 Å². The zero-order valence-electron chi connectivity index (χ0n) is 7.70. The van der Waals surface area contributed by atoms with Crippen LogP contribution in [0.25, 0.3) is 6.08 Å². The first-order valence-corrected chi connectivity index (χ1v) is 7.42. The molecule has 0 fully saturated rings. The quantitative estimate of drug-likeness (QED) is 0.596. The molecule has 0 heterocycles. The minimum atomic E-state index is -1.33. The maximum Gasteiger partial charge on any atom is 0.235 e. The maximum absolute atomic E-state index is 6.07. The molecule has 0 amide bonds. The molecule has 0 saturated heterocycles. The lowest BCUT2D eigenvalue weighted by molar-refractivity contribution is 1.01. The van der Waals surface area contributed by atoms with Crippen LogP contribution in [0.3, 0.4) is 0 Å². The van der Waals surface area contributed by atoms with Crippen LogP contribution in [0.5, 0.6) is 0 Å². The third-order valence-corrected chi connectivity index (χ3v) is 3.88. The average molecular weight is 212 g/mol. The fourth-order valence-electron chi connectivity index (χ4n) is 1.02. The molecule has 0 aliphatic rings. The largest absolute Gasteiger partial charge is 0.325 e. The van der Waals surface area contributed by atoms with Gasteiger partial charge in [0.1, 0.15) is 0 Å². The van der Waals surface area contributed by atoms with Crippen molar-refractivity contribution < 1.29 is 0 Å².